The molecule has 0 aromatic rings. The Morgan fingerprint density at radius 3 is 2.67 bits per heavy atom. The fourth-order valence-corrected chi connectivity index (χ4v) is 1.89. The molecular weight excluding hydrogens is 186 g/mol. The zero-order chi connectivity index (χ0) is 11.4. The molecule has 1 aliphatic rings. The molecule has 0 aromatic heterocycles. The summed E-state index contributed by atoms with van der Waals surface area (Å²) < 4.78 is 0. The molecule has 0 bridgehead atoms. The van der Waals surface area contributed by atoms with E-state index in [1.165, 1.54) is 12.0 Å². The maximum atomic E-state index is 4.43. The van der Waals surface area contributed by atoms with Crippen LogP contribution in [0.3, 0.4) is 0 Å². The standard InChI is InChI=1S/C12H23N3/c1-6-11(8-14(3)4)12-7-13-10(2)15(5)9-12/h7,11H,6,8-9H2,1-5H3/t11-/m0/s1. The quantitative estimate of drug-likeness (QED) is 0.703. The highest BCUT2D eigenvalue weighted by atomic mass is 15.2. The Morgan fingerprint density at radius 2 is 2.20 bits per heavy atom. The normalized spacial score (nSPS) is 18.9. The van der Waals surface area contributed by atoms with Gasteiger partial charge in [0.1, 0.15) is 5.84 Å². The Morgan fingerprint density at radius 1 is 1.53 bits per heavy atom. The summed E-state index contributed by atoms with van der Waals surface area (Å²) in [4.78, 5) is 8.90. The Balaban J connectivity index is 2.69. The summed E-state index contributed by atoms with van der Waals surface area (Å²) in [6, 6.07) is 0. The zero-order valence-electron chi connectivity index (χ0n) is 10.6. The summed E-state index contributed by atoms with van der Waals surface area (Å²) in [7, 11) is 6.36. The highest BCUT2D eigenvalue weighted by Crippen LogP contribution is 2.19. The van der Waals surface area contributed by atoms with Crippen molar-refractivity contribution in [1.29, 1.82) is 0 Å². The van der Waals surface area contributed by atoms with Gasteiger partial charge in [-0.3, -0.25) is 0 Å². The number of hydrogen-bond donors (Lipinski definition) is 0. The molecule has 1 rings (SSSR count). The van der Waals surface area contributed by atoms with Gasteiger partial charge in [0, 0.05) is 26.3 Å². The highest BCUT2D eigenvalue weighted by Gasteiger charge is 2.18. The molecule has 1 aliphatic heterocycles. The van der Waals surface area contributed by atoms with E-state index in [1.807, 2.05) is 0 Å². The van der Waals surface area contributed by atoms with Crippen molar-refractivity contribution in [2.24, 2.45) is 10.9 Å². The topological polar surface area (TPSA) is 18.8 Å². The number of likely N-dealkylation sites (N-methyl/N-ethyl adjacent to an activating group) is 1. The minimum atomic E-state index is 0.638. The molecule has 15 heavy (non-hydrogen) atoms. The molecule has 0 aromatic carbocycles. The van der Waals surface area contributed by atoms with Gasteiger partial charge in [0.2, 0.25) is 0 Å². The van der Waals surface area contributed by atoms with Gasteiger partial charge in [-0.15, -0.1) is 0 Å². The number of aliphatic imine (C=N–C) groups is 1. The predicted molar refractivity (Wildman–Crippen MR) is 66.2 cm³/mol. The number of amidine groups is 1. The van der Waals surface area contributed by atoms with E-state index in [0.717, 1.165) is 18.9 Å². The molecule has 3 heteroatoms. The van der Waals surface area contributed by atoms with Crippen LogP contribution in [0.1, 0.15) is 20.3 Å². The number of nitrogens with zero attached hydrogens (tertiary/aromatic N) is 3. The molecule has 0 aliphatic carbocycles. The minimum Gasteiger partial charge on any atom is -0.359 e. The lowest BCUT2D eigenvalue weighted by atomic mass is 9.95. The third-order valence-corrected chi connectivity index (χ3v) is 2.99. The average Bonchev–Trinajstić information content (AvgIpc) is 2.18. The maximum Gasteiger partial charge on any atom is 0.101 e. The van der Waals surface area contributed by atoms with Crippen LogP contribution in [0.2, 0.25) is 0 Å². The fourth-order valence-electron chi connectivity index (χ4n) is 1.89. The fraction of sp³-hybridized carbons (Fsp3) is 0.750. The van der Waals surface area contributed by atoms with Crippen molar-refractivity contribution in [3.05, 3.63) is 11.8 Å². The smallest absolute Gasteiger partial charge is 0.101 e. The Bertz CT molecular complexity index is 266. The van der Waals surface area contributed by atoms with E-state index in [9.17, 15) is 0 Å². The molecule has 0 radical (unpaired) electrons. The molecule has 0 spiro atoms. The van der Waals surface area contributed by atoms with Crippen molar-refractivity contribution in [1.82, 2.24) is 9.80 Å². The summed E-state index contributed by atoms with van der Waals surface area (Å²) in [6.07, 6.45) is 3.25. The lowest BCUT2D eigenvalue weighted by molar-refractivity contribution is 0.333. The van der Waals surface area contributed by atoms with Gasteiger partial charge >= 0.3 is 0 Å². The molecular formula is C12H23N3. The third-order valence-electron chi connectivity index (χ3n) is 2.99. The highest BCUT2D eigenvalue weighted by molar-refractivity contribution is 5.81. The monoisotopic (exact) mass is 209 g/mol. The number of rotatable bonds is 4. The molecule has 0 N–H and O–H groups in total. The first-order valence-corrected chi connectivity index (χ1v) is 5.63. The Kier molecular flexibility index (Phi) is 4.33. The first-order valence-electron chi connectivity index (χ1n) is 5.63. The van der Waals surface area contributed by atoms with E-state index in [1.54, 1.807) is 0 Å². The van der Waals surface area contributed by atoms with Gasteiger partial charge in [0.15, 0.2) is 0 Å². The van der Waals surface area contributed by atoms with Gasteiger partial charge < -0.3 is 9.80 Å². The first-order chi connectivity index (χ1) is 7.04. The van der Waals surface area contributed by atoms with Gasteiger partial charge in [-0.25, -0.2) is 4.99 Å². The van der Waals surface area contributed by atoms with Crippen LogP contribution in [0.4, 0.5) is 0 Å². The SMILES string of the molecule is CC[C@@H](CN(C)C)C1=CN=C(C)N(C)C1. The maximum absolute atomic E-state index is 4.43. The average molecular weight is 209 g/mol. The van der Waals surface area contributed by atoms with Crippen LogP contribution in [-0.2, 0) is 0 Å². The molecule has 3 nitrogen and oxygen atoms in total. The Hall–Kier alpha value is -0.830. The van der Waals surface area contributed by atoms with E-state index in [0.29, 0.717) is 5.92 Å². The van der Waals surface area contributed by atoms with Crippen molar-refractivity contribution < 1.29 is 0 Å². The molecule has 0 unspecified atom stereocenters. The van der Waals surface area contributed by atoms with Crippen molar-refractivity contribution in [3.8, 4) is 0 Å². The number of hydrogen-bond acceptors (Lipinski definition) is 3. The molecule has 0 fully saturated rings. The van der Waals surface area contributed by atoms with Gasteiger partial charge in [-0.2, -0.15) is 0 Å². The molecule has 1 atom stereocenters. The molecule has 0 saturated heterocycles. The lowest BCUT2D eigenvalue weighted by Crippen LogP contribution is -2.33. The molecule has 86 valence electrons. The van der Waals surface area contributed by atoms with E-state index in [-0.39, 0.29) is 0 Å². The van der Waals surface area contributed by atoms with Crippen molar-refractivity contribution in [3.63, 3.8) is 0 Å². The van der Waals surface area contributed by atoms with Crippen molar-refractivity contribution >= 4 is 5.84 Å². The largest absolute Gasteiger partial charge is 0.359 e. The van der Waals surface area contributed by atoms with E-state index in [2.05, 4.69) is 56.0 Å². The van der Waals surface area contributed by atoms with Gasteiger partial charge in [-0.1, -0.05) is 6.92 Å². The van der Waals surface area contributed by atoms with Gasteiger partial charge in [-0.05, 0) is 38.9 Å². The lowest BCUT2D eigenvalue weighted by Gasteiger charge is -2.29. The summed E-state index contributed by atoms with van der Waals surface area (Å²) in [5.74, 6) is 1.75. The summed E-state index contributed by atoms with van der Waals surface area (Å²) in [5, 5.41) is 0. The van der Waals surface area contributed by atoms with E-state index in [4.69, 9.17) is 0 Å². The summed E-state index contributed by atoms with van der Waals surface area (Å²) >= 11 is 0. The van der Waals surface area contributed by atoms with E-state index >= 15 is 0 Å². The van der Waals surface area contributed by atoms with E-state index < -0.39 is 0 Å². The van der Waals surface area contributed by atoms with Crippen LogP contribution in [0.15, 0.2) is 16.8 Å². The van der Waals surface area contributed by atoms with Crippen LogP contribution in [-0.4, -0.2) is 49.9 Å². The summed E-state index contributed by atoms with van der Waals surface area (Å²) in [6.45, 7) is 6.45. The third kappa shape index (κ3) is 3.34. The second kappa shape index (κ2) is 5.31. The second-order valence-electron chi connectivity index (χ2n) is 4.60. The van der Waals surface area contributed by atoms with Crippen molar-refractivity contribution in [2.45, 2.75) is 20.3 Å². The minimum absolute atomic E-state index is 0.638. The Labute approximate surface area is 93.5 Å². The van der Waals surface area contributed by atoms with Gasteiger partial charge in [0.25, 0.3) is 0 Å². The van der Waals surface area contributed by atoms with Crippen molar-refractivity contribution in [2.75, 3.05) is 34.2 Å². The first kappa shape index (κ1) is 12.2. The van der Waals surface area contributed by atoms with Crippen LogP contribution in [0, 0.1) is 5.92 Å². The summed E-state index contributed by atoms with van der Waals surface area (Å²) in [5.41, 5.74) is 1.46. The van der Waals surface area contributed by atoms with Crippen LogP contribution in [0.5, 0.6) is 0 Å². The second-order valence-corrected chi connectivity index (χ2v) is 4.60. The van der Waals surface area contributed by atoms with Crippen LogP contribution >= 0.6 is 0 Å². The molecule has 0 amide bonds. The van der Waals surface area contributed by atoms with Crippen LogP contribution in [0.25, 0.3) is 0 Å². The van der Waals surface area contributed by atoms with Gasteiger partial charge in [0.05, 0.1) is 0 Å². The van der Waals surface area contributed by atoms with Crippen LogP contribution < -0.4 is 0 Å². The zero-order valence-corrected chi connectivity index (χ0v) is 10.6. The molecule has 0 saturated carbocycles. The molecule has 1 heterocycles. The predicted octanol–water partition coefficient (Wildman–Crippen LogP) is 1.82.